The van der Waals surface area contributed by atoms with E-state index in [0.717, 1.165) is 42.9 Å². The number of carbonyl (C=O) groups excluding carboxylic acids is 1. The molecule has 5 heterocycles. The fraction of sp³-hybridized carbons (Fsp3) is 0.381. The summed E-state index contributed by atoms with van der Waals surface area (Å²) in [6, 6.07) is 10.4. The number of aromatic nitrogens is 3. The van der Waals surface area contributed by atoms with Gasteiger partial charge in [-0.3, -0.25) is 14.3 Å². The first-order valence-corrected chi connectivity index (χ1v) is 9.68. The number of nitrogens with zero attached hydrogens (tertiary/aromatic N) is 4. The molecule has 0 saturated carbocycles. The summed E-state index contributed by atoms with van der Waals surface area (Å²) < 4.78 is 7.56. The van der Waals surface area contributed by atoms with Gasteiger partial charge in [0.15, 0.2) is 0 Å². The summed E-state index contributed by atoms with van der Waals surface area (Å²) in [5.74, 6) is 0.692. The van der Waals surface area contributed by atoms with Crippen LogP contribution in [0, 0.1) is 0 Å². The molecular weight excluding hydrogens is 354 g/mol. The highest BCUT2D eigenvalue weighted by atomic mass is 16.5. The Kier molecular flexibility index (Phi) is 4.33. The topological polar surface area (TPSA) is 72.3 Å². The molecule has 1 N–H and O–H groups in total. The molecule has 3 atom stereocenters. The zero-order valence-corrected chi connectivity index (χ0v) is 15.8. The van der Waals surface area contributed by atoms with Crippen LogP contribution in [0.5, 0.6) is 0 Å². The molecule has 3 aromatic heterocycles. The van der Waals surface area contributed by atoms with E-state index in [0.29, 0.717) is 17.6 Å². The number of nitrogens with one attached hydrogen (secondary N) is 1. The predicted molar refractivity (Wildman–Crippen MR) is 106 cm³/mol. The molecule has 3 aromatic rings. The van der Waals surface area contributed by atoms with E-state index in [1.54, 1.807) is 12.4 Å². The highest BCUT2D eigenvalue weighted by Crippen LogP contribution is 2.27. The number of rotatable bonds is 3. The molecule has 0 spiro atoms. The van der Waals surface area contributed by atoms with Crippen molar-refractivity contribution in [3.05, 3.63) is 54.5 Å². The number of hydrogen-bond donors (Lipinski definition) is 1. The third-order valence-corrected chi connectivity index (χ3v) is 5.92. The second-order valence-electron chi connectivity index (χ2n) is 7.63. The molecule has 0 aliphatic carbocycles. The van der Waals surface area contributed by atoms with E-state index in [-0.39, 0.29) is 11.9 Å². The minimum Gasteiger partial charge on any atom is -0.378 e. The van der Waals surface area contributed by atoms with Crippen molar-refractivity contribution in [1.82, 2.24) is 24.8 Å². The average molecular weight is 377 g/mol. The van der Waals surface area contributed by atoms with Gasteiger partial charge in [0.25, 0.3) is 5.91 Å². The van der Waals surface area contributed by atoms with Gasteiger partial charge in [0, 0.05) is 42.1 Å². The summed E-state index contributed by atoms with van der Waals surface area (Å²) in [5.41, 5.74) is 1.37. The van der Waals surface area contributed by atoms with Crippen LogP contribution in [-0.2, 0) is 4.74 Å². The number of carbonyl (C=O) groups is 1. The standard InChI is InChI=1S/C21H23N5O2/c1-25-15-9-14(10-16(25)13-28-12-15)24-21(27)18-11-26(19-6-2-3-7-22-19)20-17(18)5-4-8-23-20/h2-8,11,14-16H,9-10,12-13H2,1H3,(H,24,27)/t14-,15-,16+. The van der Waals surface area contributed by atoms with E-state index in [1.807, 2.05) is 41.1 Å². The number of pyridine rings is 2. The monoisotopic (exact) mass is 377 g/mol. The Labute approximate surface area is 163 Å². The lowest BCUT2D eigenvalue weighted by molar-refractivity contribution is -0.0670. The Hall–Kier alpha value is -2.77. The number of piperidine rings is 1. The van der Waals surface area contributed by atoms with Gasteiger partial charge in [0.2, 0.25) is 0 Å². The van der Waals surface area contributed by atoms with Crippen molar-refractivity contribution in [2.24, 2.45) is 0 Å². The lowest BCUT2D eigenvalue weighted by Gasteiger charge is -2.46. The third-order valence-electron chi connectivity index (χ3n) is 5.92. The number of likely N-dealkylation sites (N-methyl/N-ethyl adjacent to an activating group) is 1. The SMILES string of the molecule is CN1[C@@H]2COC[C@H]1C[C@@H](NC(=O)c1cn(-c3ccccn3)c3ncccc13)C2. The van der Waals surface area contributed by atoms with Gasteiger partial charge in [-0.25, -0.2) is 9.97 Å². The number of ether oxygens (including phenoxy) is 1. The van der Waals surface area contributed by atoms with Crippen LogP contribution in [0.25, 0.3) is 16.9 Å². The summed E-state index contributed by atoms with van der Waals surface area (Å²) in [6.07, 6.45) is 7.14. The number of morpholine rings is 1. The molecule has 5 rings (SSSR count). The van der Waals surface area contributed by atoms with Gasteiger partial charge in [0.1, 0.15) is 11.5 Å². The summed E-state index contributed by atoms with van der Waals surface area (Å²) in [5, 5.41) is 4.09. The Morgan fingerprint density at radius 3 is 2.64 bits per heavy atom. The molecular formula is C21H23N5O2. The Morgan fingerprint density at radius 1 is 1.11 bits per heavy atom. The van der Waals surface area contributed by atoms with Gasteiger partial charge in [-0.2, -0.15) is 0 Å². The van der Waals surface area contributed by atoms with Crippen LogP contribution in [0.1, 0.15) is 23.2 Å². The zero-order chi connectivity index (χ0) is 19.1. The second kappa shape index (κ2) is 7.00. The minimum absolute atomic E-state index is 0.0544. The lowest BCUT2D eigenvalue weighted by Crippen LogP contribution is -2.59. The first-order chi connectivity index (χ1) is 13.7. The maximum absolute atomic E-state index is 13.2. The molecule has 2 bridgehead atoms. The van der Waals surface area contributed by atoms with Crippen LogP contribution < -0.4 is 5.32 Å². The van der Waals surface area contributed by atoms with Crippen LogP contribution in [0.2, 0.25) is 0 Å². The van der Waals surface area contributed by atoms with Crippen molar-refractivity contribution in [3.63, 3.8) is 0 Å². The normalized spacial score (nSPS) is 25.0. The number of amides is 1. The highest BCUT2D eigenvalue weighted by Gasteiger charge is 2.37. The van der Waals surface area contributed by atoms with Crippen molar-refractivity contribution >= 4 is 16.9 Å². The van der Waals surface area contributed by atoms with Gasteiger partial charge >= 0.3 is 0 Å². The zero-order valence-electron chi connectivity index (χ0n) is 15.8. The molecule has 2 fully saturated rings. The molecule has 1 amide bonds. The molecule has 7 heteroatoms. The number of fused-ring (bicyclic) bond motifs is 3. The quantitative estimate of drug-likeness (QED) is 0.756. The van der Waals surface area contributed by atoms with E-state index in [9.17, 15) is 4.79 Å². The number of hydrogen-bond acceptors (Lipinski definition) is 5. The Bertz CT molecular complexity index is 988. The molecule has 0 unspecified atom stereocenters. The summed E-state index contributed by atoms with van der Waals surface area (Å²) >= 11 is 0. The van der Waals surface area contributed by atoms with E-state index in [1.165, 1.54) is 0 Å². The van der Waals surface area contributed by atoms with Crippen LogP contribution in [0.4, 0.5) is 0 Å². The fourth-order valence-corrected chi connectivity index (χ4v) is 4.39. The Balaban J connectivity index is 1.44. The van der Waals surface area contributed by atoms with Gasteiger partial charge in [-0.15, -0.1) is 0 Å². The first kappa shape index (κ1) is 17.3. The first-order valence-electron chi connectivity index (χ1n) is 9.68. The van der Waals surface area contributed by atoms with Gasteiger partial charge in [0.05, 0.1) is 18.8 Å². The molecule has 0 aromatic carbocycles. The second-order valence-corrected chi connectivity index (χ2v) is 7.63. The minimum atomic E-state index is -0.0544. The fourth-order valence-electron chi connectivity index (χ4n) is 4.39. The van der Waals surface area contributed by atoms with Crippen LogP contribution >= 0.6 is 0 Å². The van der Waals surface area contributed by atoms with Gasteiger partial charge in [-0.1, -0.05) is 6.07 Å². The van der Waals surface area contributed by atoms with Crippen molar-refractivity contribution in [2.45, 2.75) is 31.0 Å². The van der Waals surface area contributed by atoms with Crippen LogP contribution in [-0.4, -0.2) is 63.7 Å². The van der Waals surface area contributed by atoms with E-state index in [2.05, 4.69) is 27.2 Å². The van der Waals surface area contributed by atoms with E-state index in [4.69, 9.17) is 4.74 Å². The summed E-state index contributed by atoms with van der Waals surface area (Å²) in [6.45, 7) is 1.48. The van der Waals surface area contributed by atoms with Crippen LogP contribution in [0.3, 0.4) is 0 Å². The van der Waals surface area contributed by atoms with Crippen molar-refractivity contribution in [2.75, 3.05) is 20.3 Å². The Morgan fingerprint density at radius 2 is 1.89 bits per heavy atom. The molecule has 0 radical (unpaired) electrons. The average Bonchev–Trinajstić information content (AvgIpc) is 3.09. The maximum Gasteiger partial charge on any atom is 0.253 e. The predicted octanol–water partition coefficient (Wildman–Crippen LogP) is 2.01. The molecule has 2 aliphatic rings. The maximum atomic E-state index is 13.2. The molecule has 144 valence electrons. The van der Waals surface area contributed by atoms with Crippen molar-refractivity contribution < 1.29 is 9.53 Å². The van der Waals surface area contributed by atoms with Crippen molar-refractivity contribution in [1.29, 1.82) is 0 Å². The molecule has 2 saturated heterocycles. The molecule has 7 nitrogen and oxygen atoms in total. The van der Waals surface area contributed by atoms with Crippen molar-refractivity contribution in [3.8, 4) is 5.82 Å². The van der Waals surface area contributed by atoms with Gasteiger partial charge in [-0.05, 0) is 44.2 Å². The molecule has 28 heavy (non-hydrogen) atoms. The largest absolute Gasteiger partial charge is 0.378 e. The third kappa shape index (κ3) is 2.96. The summed E-state index contributed by atoms with van der Waals surface area (Å²) in [7, 11) is 2.15. The van der Waals surface area contributed by atoms with E-state index >= 15 is 0 Å². The lowest BCUT2D eigenvalue weighted by atomic mass is 9.90. The van der Waals surface area contributed by atoms with E-state index < -0.39 is 0 Å². The molecule has 2 aliphatic heterocycles. The highest BCUT2D eigenvalue weighted by molar-refractivity contribution is 6.06. The smallest absolute Gasteiger partial charge is 0.253 e. The summed E-state index contributed by atoms with van der Waals surface area (Å²) in [4.78, 5) is 24.4. The van der Waals surface area contributed by atoms with Crippen LogP contribution in [0.15, 0.2) is 48.9 Å². The van der Waals surface area contributed by atoms with Gasteiger partial charge < -0.3 is 10.1 Å².